The van der Waals surface area contributed by atoms with Crippen molar-refractivity contribution < 1.29 is 14.6 Å². The normalized spacial score (nSPS) is 11.8. The van der Waals surface area contributed by atoms with E-state index in [4.69, 9.17) is 4.74 Å². The van der Waals surface area contributed by atoms with E-state index in [9.17, 15) is 9.90 Å². The largest absolute Gasteiger partial charge is 0.508 e. The molecule has 0 heterocycles. The summed E-state index contributed by atoms with van der Waals surface area (Å²) < 4.78 is 6.05. The number of hydrogen-bond donors (Lipinski definition) is 2. The highest BCUT2D eigenvalue weighted by Crippen LogP contribution is 2.27. The molecular formula is C28H29NO3. The Morgan fingerprint density at radius 3 is 2.44 bits per heavy atom. The molecule has 0 saturated heterocycles. The minimum Gasteiger partial charge on any atom is -0.508 e. The molecular weight excluding hydrogens is 398 g/mol. The summed E-state index contributed by atoms with van der Waals surface area (Å²) in [5.74, 6) is 0.988. The fourth-order valence-corrected chi connectivity index (χ4v) is 3.38. The van der Waals surface area contributed by atoms with Gasteiger partial charge in [-0.25, -0.2) is 0 Å². The molecule has 2 N–H and O–H groups in total. The van der Waals surface area contributed by atoms with Crippen LogP contribution in [0.25, 0.3) is 5.57 Å². The van der Waals surface area contributed by atoms with Crippen molar-refractivity contribution in [3.05, 3.63) is 113 Å². The van der Waals surface area contributed by atoms with E-state index in [1.807, 2.05) is 60.7 Å². The first kappa shape index (κ1) is 22.9. The molecule has 0 bridgehead atoms. The van der Waals surface area contributed by atoms with Crippen LogP contribution in [0.3, 0.4) is 0 Å². The van der Waals surface area contributed by atoms with Crippen molar-refractivity contribution in [3.8, 4) is 11.5 Å². The number of aromatic hydroxyl groups is 1. The fourth-order valence-electron chi connectivity index (χ4n) is 3.38. The van der Waals surface area contributed by atoms with Gasteiger partial charge in [-0.1, -0.05) is 60.2 Å². The molecule has 0 saturated carbocycles. The van der Waals surface area contributed by atoms with Crippen LogP contribution in [0.1, 0.15) is 40.9 Å². The molecule has 0 unspecified atom stereocenters. The van der Waals surface area contributed by atoms with E-state index in [0.29, 0.717) is 12.2 Å². The summed E-state index contributed by atoms with van der Waals surface area (Å²) in [6.45, 7) is 4.59. The van der Waals surface area contributed by atoms with E-state index in [2.05, 4.69) is 31.3 Å². The van der Waals surface area contributed by atoms with Gasteiger partial charge in [0.1, 0.15) is 18.1 Å². The average molecular weight is 428 g/mol. The molecule has 32 heavy (non-hydrogen) atoms. The van der Waals surface area contributed by atoms with Crippen LogP contribution in [0.4, 0.5) is 0 Å². The lowest BCUT2D eigenvalue weighted by Crippen LogP contribution is -2.17. The number of phenols is 1. The summed E-state index contributed by atoms with van der Waals surface area (Å²) in [4.78, 5) is 11.9. The Morgan fingerprint density at radius 1 is 0.938 bits per heavy atom. The number of carbonyl (C=O) groups is 1. The van der Waals surface area contributed by atoms with E-state index in [1.54, 1.807) is 19.2 Å². The minimum atomic E-state index is -0.0758. The highest BCUT2D eigenvalue weighted by molar-refractivity contribution is 5.94. The second kappa shape index (κ2) is 11.0. The van der Waals surface area contributed by atoms with Gasteiger partial charge in [0.05, 0.1) is 0 Å². The second-order valence-corrected chi connectivity index (χ2v) is 7.77. The molecule has 0 aliphatic carbocycles. The average Bonchev–Trinajstić information content (AvgIpc) is 2.82. The van der Waals surface area contributed by atoms with Crippen molar-refractivity contribution in [3.63, 3.8) is 0 Å². The van der Waals surface area contributed by atoms with Crippen LogP contribution in [0.2, 0.25) is 0 Å². The van der Waals surface area contributed by atoms with Gasteiger partial charge in [-0.2, -0.15) is 0 Å². The Hall–Kier alpha value is -3.79. The topological polar surface area (TPSA) is 58.6 Å². The third-order valence-corrected chi connectivity index (χ3v) is 5.16. The summed E-state index contributed by atoms with van der Waals surface area (Å²) in [6.07, 6.45) is 4.98. The summed E-state index contributed by atoms with van der Waals surface area (Å²) in [5.41, 5.74) is 6.10. The molecule has 3 aromatic carbocycles. The lowest BCUT2D eigenvalue weighted by Gasteiger charge is -2.12. The molecule has 0 spiro atoms. The Bertz CT molecular complexity index is 1130. The van der Waals surface area contributed by atoms with E-state index >= 15 is 0 Å². The monoisotopic (exact) mass is 427 g/mol. The van der Waals surface area contributed by atoms with Gasteiger partial charge in [0.2, 0.25) is 0 Å². The van der Waals surface area contributed by atoms with Crippen LogP contribution in [-0.4, -0.2) is 18.1 Å². The number of ether oxygens (including phenoxy) is 1. The molecule has 0 atom stereocenters. The van der Waals surface area contributed by atoms with Gasteiger partial charge in [-0.05, 0) is 67.3 Å². The maximum atomic E-state index is 11.9. The highest BCUT2D eigenvalue weighted by atomic mass is 16.5. The van der Waals surface area contributed by atoms with Crippen LogP contribution in [-0.2, 0) is 13.0 Å². The third kappa shape index (κ3) is 6.35. The van der Waals surface area contributed by atoms with Crippen molar-refractivity contribution in [2.45, 2.75) is 26.9 Å². The van der Waals surface area contributed by atoms with E-state index in [-0.39, 0.29) is 11.7 Å². The van der Waals surface area contributed by atoms with E-state index < -0.39 is 0 Å². The molecule has 3 rings (SSSR count). The van der Waals surface area contributed by atoms with Crippen LogP contribution in [0.5, 0.6) is 11.5 Å². The zero-order valence-corrected chi connectivity index (χ0v) is 18.8. The fraction of sp³-hybridized carbons (Fsp3) is 0.179. The van der Waals surface area contributed by atoms with Gasteiger partial charge in [0.25, 0.3) is 5.91 Å². The highest BCUT2D eigenvalue weighted by Gasteiger charge is 2.06. The standard InChI is InChI=1S/C28H29NO3/c1-20(17-23-7-6-8-24(18-23)28(31)29-3)11-12-21(2)26-9-4-5-10-27(26)32-19-22-13-15-25(30)16-14-22/h4-16,18,30H,17,19H2,1-3H3,(H,29,31)/b20-11-,21-12+. The van der Waals surface area contributed by atoms with Crippen molar-refractivity contribution in [1.29, 1.82) is 0 Å². The number of allylic oxidation sites excluding steroid dienone is 4. The van der Waals surface area contributed by atoms with Crippen molar-refractivity contribution in [1.82, 2.24) is 5.32 Å². The number of amides is 1. The van der Waals surface area contributed by atoms with Gasteiger partial charge in [0.15, 0.2) is 0 Å². The lowest BCUT2D eigenvalue weighted by atomic mass is 10.0. The first-order valence-electron chi connectivity index (χ1n) is 10.6. The number of hydrogen-bond acceptors (Lipinski definition) is 3. The maximum absolute atomic E-state index is 11.9. The van der Waals surface area contributed by atoms with Crippen molar-refractivity contribution in [2.24, 2.45) is 0 Å². The summed E-state index contributed by atoms with van der Waals surface area (Å²) in [7, 11) is 1.64. The number of nitrogens with one attached hydrogen (secondary N) is 1. The first-order chi connectivity index (χ1) is 15.5. The quantitative estimate of drug-likeness (QED) is 0.439. The zero-order chi connectivity index (χ0) is 22.9. The second-order valence-electron chi connectivity index (χ2n) is 7.77. The molecule has 0 radical (unpaired) electrons. The van der Waals surface area contributed by atoms with Crippen LogP contribution in [0, 0.1) is 0 Å². The van der Waals surface area contributed by atoms with Gasteiger partial charge in [-0.3, -0.25) is 4.79 Å². The zero-order valence-electron chi connectivity index (χ0n) is 18.8. The molecule has 3 aromatic rings. The van der Waals surface area contributed by atoms with Crippen molar-refractivity contribution in [2.75, 3.05) is 7.05 Å². The number of para-hydroxylation sites is 1. The SMILES string of the molecule is CNC(=O)c1cccc(C/C(C)=C\C=C(/C)c2ccccc2OCc2ccc(O)cc2)c1. The number of phenolic OH excluding ortho intramolecular Hbond substituents is 1. The summed E-state index contributed by atoms with van der Waals surface area (Å²) >= 11 is 0. The number of rotatable bonds is 8. The first-order valence-corrected chi connectivity index (χ1v) is 10.6. The summed E-state index contributed by atoms with van der Waals surface area (Å²) in [5, 5.41) is 12.1. The lowest BCUT2D eigenvalue weighted by molar-refractivity contribution is 0.0963. The maximum Gasteiger partial charge on any atom is 0.251 e. The van der Waals surface area contributed by atoms with Crippen LogP contribution >= 0.6 is 0 Å². The number of carbonyl (C=O) groups excluding carboxylic acids is 1. The van der Waals surface area contributed by atoms with Crippen molar-refractivity contribution >= 4 is 11.5 Å². The Kier molecular flexibility index (Phi) is 7.87. The Labute approximate surface area is 189 Å². The molecule has 4 heteroatoms. The molecule has 0 aliphatic heterocycles. The summed E-state index contributed by atoms with van der Waals surface area (Å²) in [6, 6.07) is 22.7. The van der Waals surface area contributed by atoms with Gasteiger partial charge in [-0.15, -0.1) is 0 Å². The molecule has 4 nitrogen and oxygen atoms in total. The predicted octanol–water partition coefficient (Wildman–Crippen LogP) is 5.92. The number of benzene rings is 3. The van der Waals surface area contributed by atoms with E-state index in [0.717, 1.165) is 34.4 Å². The van der Waals surface area contributed by atoms with Gasteiger partial charge in [0, 0.05) is 18.2 Å². The molecule has 0 aliphatic rings. The van der Waals surface area contributed by atoms with E-state index in [1.165, 1.54) is 5.57 Å². The molecule has 0 fully saturated rings. The molecule has 164 valence electrons. The Balaban J connectivity index is 1.70. The molecule has 1 amide bonds. The third-order valence-electron chi connectivity index (χ3n) is 5.16. The Morgan fingerprint density at radius 2 is 1.69 bits per heavy atom. The van der Waals surface area contributed by atoms with Crippen LogP contribution < -0.4 is 10.1 Å². The minimum absolute atomic E-state index is 0.0758. The van der Waals surface area contributed by atoms with Gasteiger partial charge >= 0.3 is 0 Å². The molecule has 0 aromatic heterocycles. The van der Waals surface area contributed by atoms with Crippen LogP contribution in [0.15, 0.2) is 90.5 Å². The van der Waals surface area contributed by atoms with Gasteiger partial charge < -0.3 is 15.2 Å². The predicted molar refractivity (Wildman–Crippen MR) is 130 cm³/mol. The smallest absolute Gasteiger partial charge is 0.251 e.